The van der Waals surface area contributed by atoms with E-state index >= 15 is 0 Å². The summed E-state index contributed by atoms with van der Waals surface area (Å²) in [5, 5.41) is 12.0. The fourth-order valence-corrected chi connectivity index (χ4v) is 4.17. The topological polar surface area (TPSA) is 77.6 Å². The minimum Gasteiger partial charge on any atom is -0.324 e. The largest absolute Gasteiger partial charge is 0.324 e. The molecule has 1 amide bonds. The molecule has 0 bridgehead atoms. The summed E-state index contributed by atoms with van der Waals surface area (Å²) < 4.78 is 31.3. The molecule has 172 valence electrons. The lowest BCUT2D eigenvalue weighted by Crippen LogP contribution is -2.20. The summed E-state index contributed by atoms with van der Waals surface area (Å²) in [6, 6.07) is 8.86. The van der Waals surface area contributed by atoms with E-state index in [1.165, 1.54) is 10.7 Å². The van der Waals surface area contributed by atoms with Crippen molar-refractivity contribution in [1.29, 1.82) is 0 Å². The number of benzene rings is 1. The lowest BCUT2D eigenvalue weighted by molar-refractivity contribution is -0.116. The number of rotatable bonds is 6. The summed E-state index contributed by atoms with van der Waals surface area (Å²) in [6.45, 7) is 7.63. The summed E-state index contributed by atoms with van der Waals surface area (Å²) in [4.78, 5) is 17.1. The second-order valence-corrected chi connectivity index (χ2v) is 8.78. The lowest BCUT2D eigenvalue weighted by Gasteiger charge is -2.10. The predicted octanol–water partition coefficient (Wildman–Crippen LogP) is 5.25. The molecule has 7 nitrogen and oxygen atoms in total. The summed E-state index contributed by atoms with van der Waals surface area (Å²) in [7, 11) is 0. The van der Waals surface area contributed by atoms with Gasteiger partial charge in [0.05, 0.1) is 33.5 Å². The van der Waals surface area contributed by atoms with E-state index in [1.807, 2.05) is 36.7 Å². The fourth-order valence-electron chi connectivity index (χ4n) is 3.89. The average Bonchev–Trinajstić information content (AvgIpc) is 3.18. The quantitative estimate of drug-likeness (QED) is 0.379. The van der Waals surface area contributed by atoms with Crippen molar-refractivity contribution in [3.8, 4) is 0 Å². The zero-order valence-corrected chi connectivity index (χ0v) is 20.2. The van der Waals surface area contributed by atoms with Gasteiger partial charge in [0, 0.05) is 16.9 Å². The highest BCUT2D eigenvalue weighted by atomic mass is 79.9. The summed E-state index contributed by atoms with van der Waals surface area (Å²) in [5.41, 5.74) is 4.56. The first kappa shape index (κ1) is 23.0. The molecule has 10 heteroatoms. The zero-order chi connectivity index (χ0) is 23.9. The van der Waals surface area contributed by atoms with Crippen molar-refractivity contribution < 1.29 is 13.6 Å². The van der Waals surface area contributed by atoms with Crippen molar-refractivity contribution >= 4 is 38.6 Å². The molecule has 3 heterocycles. The van der Waals surface area contributed by atoms with E-state index in [9.17, 15) is 13.6 Å². The van der Waals surface area contributed by atoms with Crippen LogP contribution in [0.5, 0.6) is 0 Å². The highest BCUT2D eigenvalue weighted by Crippen LogP contribution is 2.30. The molecule has 0 saturated carbocycles. The third-order valence-electron chi connectivity index (χ3n) is 5.40. The smallest absolute Gasteiger partial charge is 0.264 e. The van der Waals surface area contributed by atoms with E-state index < -0.39 is 6.43 Å². The number of amides is 1. The number of aryl methyl sites for hydroxylation is 3. The number of anilines is 1. The molecule has 0 aliphatic rings. The summed E-state index contributed by atoms with van der Waals surface area (Å²) >= 11 is 3.53. The Kier molecular flexibility index (Phi) is 6.29. The van der Waals surface area contributed by atoms with Crippen LogP contribution in [-0.2, 0) is 17.9 Å². The molecule has 0 radical (unpaired) electrons. The third-order valence-corrected chi connectivity index (χ3v) is 6.55. The highest BCUT2D eigenvalue weighted by molar-refractivity contribution is 9.10. The number of alkyl halides is 2. The van der Waals surface area contributed by atoms with Gasteiger partial charge in [-0.25, -0.2) is 18.4 Å². The van der Waals surface area contributed by atoms with Crippen LogP contribution in [0.1, 0.15) is 40.3 Å². The van der Waals surface area contributed by atoms with E-state index in [4.69, 9.17) is 0 Å². The van der Waals surface area contributed by atoms with Crippen LogP contribution in [0.3, 0.4) is 0 Å². The van der Waals surface area contributed by atoms with Gasteiger partial charge >= 0.3 is 0 Å². The maximum Gasteiger partial charge on any atom is 0.264 e. The minimum absolute atomic E-state index is 0.120. The lowest BCUT2D eigenvalue weighted by atomic mass is 10.1. The Labute approximate surface area is 197 Å². The van der Waals surface area contributed by atoms with Crippen LogP contribution in [-0.4, -0.2) is 30.5 Å². The molecule has 33 heavy (non-hydrogen) atoms. The Balaban J connectivity index is 1.53. The van der Waals surface area contributed by atoms with Gasteiger partial charge in [-0.1, -0.05) is 12.1 Å². The van der Waals surface area contributed by atoms with Gasteiger partial charge in [-0.15, -0.1) is 0 Å². The average molecular weight is 517 g/mol. The van der Waals surface area contributed by atoms with Gasteiger partial charge in [0.25, 0.3) is 6.43 Å². The van der Waals surface area contributed by atoms with Crippen LogP contribution in [0.2, 0.25) is 0 Å². The van der Waals surface area contributed by atoms with Crippen LogP contribution < -0.4 is 5.32 Å². The summed E-state index contributed by atoms with van der Waals surface area (Å²) in [6.07, 6.45) is -2.65. The van der Waals surface area contributed by atoms with Crippen LogP contribution in [0, 0.1) is 27.7 Å². The second-order valence-electron chi connectivity index (χ2n) is 7.99. The first-order valence-corrected chi connectivity index (χ1v) is 11.1. The SMILES string of the molecule is Cc1cc(C(F)F)c2c(C)nn(CC(=O)Nc3cccc(Cn4nc(C)c(Br)c4C)c3)c2n1. The van der Waals surface area contributed by atoms with E-state index in [0.29, 0.717) is 29.0 Å². The Hall–Kier alpha value is -3.14. The fraction of sp³-hybridized carbons (Fsp3) is 0.304. The molecule has 1 N–H and O–H groups in total. The van der Waals surface area contributed by atoms with Gasteiger partial charge in [0.15, 0.2) is 5.65 Å². The van der Waals surface area contributed by atoms with Crippen LogP contribution in [0.4, 0.5) is 14.5 Å². The monoisotopic (exact) mass is 516 g/mol. The molecule has 4 aromatic rings. The van der Waals surface area contributed by atoms with Gasteiger partial charge < -0.3 is 5.32 Å². The van der Waals surface area contributed by atoms with Gasteiger partial charge in [-0.3, -0.25) is 9.48 Å². The summed E-state index contributed by atoms with van der Waals surface area (Å²) in [5.74, 6) is -0.327. The van der Waals surface area contributed by atoms with Crippen molar-refractivity contribution in [1.82, 2.24) is 24.5 Å². The maximum atomic E-state index is 13.5. The molecule has 0 aliphatic carbocycles. The van der Waals surface area contributed by atoms with E-state index in [2.05, 4.69) is 36.4 Å². The Morgan fingerprint density at radius 2 is 1.82 bits per heavy atom. The second kappa shape index (κ2) is 9.01. The molecule has 4 rings (SSSR count). The molecule has 3 aromatic heterocycles. The van der Waals surface area contributed by atoms with Gasteiger partial charge in [0.2, 0.25) is 5.91 Å². The number of halogens is 3. The molecule has 0 atom stereocenters. The number of carbonyl (C=O) groups is 1. The molecular formula is C23H23BrF2N6O. The molecule has 0 spiro atoms. The number of nitrogens with one attached hydrogen (secondary N) is 1. The molecule has 1 aromatic carbocycles. The van der Waals surface area contributed by atoms with Crippen molar-refractivity contribution in [2.75, 3.05) is 5.32 Å². The zero-order valence-electron chi connectivity index (χ0n) is 18.7. The molecular weight excluding hydrogens is 494 g/mol. The maximum absolute atomic E-state index is 13.5. The van der Waals surface area contributed by atoms with Crippen LogP contribution in [0.25, 0.3) is 11.0 Å². The minimum atomic E-state index is -2.65. The number of fused-ring (bicyclic) bond motifs is 1. The normalized spacial score (nSPS) is 11.5. The standard InChI is InChI=1S/C23H23BrF2N6O/c1-12-8-18(22(25)26)20-13(2)29-32(23(20)27-12)11-19(33)28-17-7-5-6-16(9-17)10-31-15(4)21(24)14(3)30-31/h5-9,22H,10-11H2,1-4H3,(H,28,33). The first-order chi connectivity index (χ1) is 15.6. The number of hydrogen-bond donors (Lipinski definition) is 1. The predicted molar refractivity (Wildman–Crippen MR) is 126 cm³/mol. The highest BCUT2D eigenvalue weighted by Gasteiger charge is 2.20. The molecule has 0 saturated heterocycles. The van der Waals surface area contributed by atoms with Crippen LogP contribution >= 0.6 is 15.9 Å². The number of nitrogens with zero attached hydrogens (tertiary/aromatic N) is 5. The van der Waals surface area contributed by atoms with Gasteiger partial charge in [-0.2, -0.15) is 10.2 Å². The first-order valence-electron chi connectivity index (χ1n) is 10.3. The van der Waals surface area contributed by atoms with E-state index in [1.54, 1.807) is 19.9 Å². The number of aromatic nitrogens is 5. The Morgan fingerprint density at radius 1 is 1.09 bits per heavy atom. The van der Waals surface area contributed by atoms with E-state index in [0.717, 1.165) is 21.4 Å². The van der Waals surface area contributed by atoms with Crippen LogP contribution in [0.15, 0.2) is 34.8 Å². The Morgan fingerprint density at radius 3 is 2.48 bits per heavy atom. The van der Waals surface area contributed by atoms with Gasteiger partial charge in [0.1, 0.15) is 6.54 Å². The van der Waals surface area contributed by atoms with Crippen molar-refractivity contribution in [3.05, 3.63) is 68.7 Å². The number of pyridine rings is 1. The van der Waals surface area contributed by atoms with Crippen molar-refractivity contribution in [2.24, 2.45) is 0 Å². The van der Waals surface area contributed by atoms with E-state index in [-0.39, 0.29) is 23.7 Å². The third kappa shape index (κ3) is 4.66. The molecule has 0 fully saturated rings. The van der Waals surface area contributed by atoms with Gasteiger partial charge in [-0.05, 0) is 67.4 Å². The number of carbonyl (C=O) groups excluding carboxylic acids is 1. The van der Waals surface area contributed by atoms with Crippen molar-refractivity contribution in [2.45, 2.75) is 47.2 Å². The van der Waals surface area contributed by atoms with Crippen molar-refractivity contribution in [3.63, 3.8) is 0 Å². The Bertz CT molecular complexity index is 1360. The molecule has 0 aliphatic heterocycles. The number of hydrogen-bond acceptors (Lipinski definition) is 4. The molecule has 0 unspecified atom stereocenters.